The fourth-order valence-corrected chi connectivity index (χ4v) is 10.2. The molecule has 176 valence electrons. The summed E-state index contributed by atoms with van der Waals surface area (Å²) in [5, 5.41) is 23.0. The van der Waals surface area contributed by atoms with Crippen molar-refractivity contribution in [1.82, 2.24) is 4.90 Å². The minimum atomic E-state index is -0.623. The van der Waals surface area contributed by atoms with E-state index in [1.807, 2.05) is 6.92 Å². The van der Waals surface area contributed by atoms with Crippen LogP contribution in [0.25, 0.3) is 0 Å². The highest BCUT2D eigenvalue weighted by molar-refractivity contribution is 5.30. The first-order chi connectivity index (χ1) is 14.7. The summed E-state index contributed by atoms with van der Waals surface area (Å²) in [6.45, 7) is 6.81. The van der Waals surface area contributed by atoms with Crippen molar-refractivity contribution in [3.8, 4) is 0 Å². The van der Waals surface area contributed by atoms with Crippen LogP contribution in [0.4, 0.5) is 0 Å². The molecule has 10 atom stereocenters. The first-order valence-electron chi connectivity index (χ1n) is 12.6. The molecule has 31 heavy (non-hydrogen) atoms. The molecule has 0 aromatic rings. The number of nitrogens with zero attached hydrogens (tertiary/aromatic N) is 1. The summed E-state index contributed by atoms with van der Waals surface area (Å²) in [7, 11) is 3.95. The Labute approximate surface area is 186 Å². The summed E-state index contributed by atoms with van der Waals surface area (Å²) in [6.07, 6.45) is 6.68. The molecule has 0 radical (unpaired) electrons. The zero-order valence-electron chi connectivity index (χ0n) is 19.7. The molecule has 7 aliphatic rings. The van der Waals surface area contributed by atoms with Gasteiger partial charge in [0.25, 0.3) is 0 Å². The predicted octanol–water partition coefficient (Wildman–Crippen LogP) is 2.56. The van der Waals surface area contributed by atoms with E-state index >= 15 is 0 Å². The molecule has 2 N–H and O–H groups in total. The van der Waals surface area contributed by atoms with Crippen LogP contribution in [0.1, 0.15) is 65.2 Å². The van der Waals surface area contributed by atoms with Crippen LogP contribution in [0.15, 0.2) is 0 Å². The van der Waals surface area contributed by atoms with Crippen molar-refractivity contribution in [3.63, 3.8) is 0 Å². The van der Waals surface area contributed by atoms with E-state index in [4.69, 9.17) is 14.2 Å². The van der Waals surface area contributed by atoms with Crippen LogP contribution < -0.4 is 0 Å². The Kier molecular flexibility index (Phi) is 4.43. The minimum Gasteiger partial charge on any atom is -0.393 e. The highest BCUT2D eigenvalue weighted by Gasteiger charge is 2.82. The van der Waals surface area contributed by atoms with Crippen molar-refractivity contribution in [2.75, 3.05) is 33.9 Å². The molecular formula is C25H41NO5. The Morgan fingerprint density at radius 3 is 2.68 bits per heavy atom. The Hall–Kier alpha value is -0.240. The summed E-state index contributed by atoms with van der Waals surface area (Å²) in [5.41, 5.74) is -1.27. The van der Waals surface area contributed by atoms with Crippen LogP contribution in [0, 0.1) is 28.6 Å². The summed E-state index contributed by atoms with van der Waals surface area (Å²) in [4.78, 5) is 2.37. The molecule has 6 nitrogen and oxygen atoms in total. The van der Waals surface area contributed by atoms with Crippen molar-refractivity contribution >= 4 is 0 Å². The molecule has 0 aromatic carbocycles. The van der Waals surface area contributed by atoms with Gasteiger partial charge in [-0.25, -0.2) is 0 Å². The fraction of sp³-hybridized carbons (Fsp3) is 1.00. The van der Waals surface area contributed by atoms with Crippen LogP contribution in [0.2, 0.25) is 0 Å². The zero-order chi connectivity index (χ0) is 21.9. The number of fused-ring (bicyclic) bond motifs is 1. The third kappa shape index (κ3) is 2.26. The normalized spacial score (nSPS) is 59.4. The van der Waals surface area contributed by atoms with E-state index in [0.717, 1.165) is 58.0 Å². The molecule has 4 saturated carbocycles. The number of aliphatic hydroxyl groups is 2. The molecule has 7 rings (SSSR count). The molecule has 1 spiro atoms. The van der Waals surface area contributed by atoms with E-state index in [0.29, 0.717) is 18.9 Å². The Morgan fingerprint density at radius 1 is 1.13 bits per heavy atom. The van der Waals surface area contributed by atoms with Gasteiger partial charge in [-0.1, -0.05) is 6.92 Å². The Morgan fingerprint density at radius 2 is 1.94 bits per heavy atom. The van der Waals surface area contributed by atoms with E-state index < -0.39 is 23.6 Å². The second-order valence-corrected chi connectivity index (χ2v) is 12.2. The lowest BCUT2D eigenvalue weighted by atomic mass is 9.38. The molecule has 0 amide bonds. The van der Waals surface area contributed by atoms with Crippen molar-refractivity contribution in [2.45, 2.75) is 94.4 Å². The second-order valence-electron chi connectivity index (χ2n) is 12.2. The van der Waals surface area contributed by atoms with Crippen molar-refractivity contribution in [2.24, 2.45) is 28.6 Å². The van der Waals surface area contributed by atoms with Gasteiger partial charge in [-0.3, -0.25) is 0 Å². The molecule has 7 fully saturated rings. The van der Waals surface area contributed by atoms with Crippen LogP contribution in [0.3, 0.4) is 0 Å². The molecule has 3 saturated heterocycles. The van der Waals surface area contributed by atoms with Gasteiger partial charge < -0.3 is 29.3 Å². The largest absolute Gasteiger partial charge is 0.393 e. The fourth-order valence-electron chi connectivity index (χ4n) is 10.2. The van der Waals surface area contributed by atoms with Crippen LogP contribution >= 0.6 is 0 Å². The topological polar surface area (TPSA) is 71.4 Å². The van der Waals surface area contributed by atoms with Gasteiger partial charge in [-0.2, -0.15) is 0 Å². The number of rotatable bonds is 2. The molecule has 3 heterocycles. The maximum absolute atomic E-state index is 12.1. The summed E-state index contributed by atoms with van der Waals surface area (Å²) >= 11 is 0. The smallest absolute Gasteiger partial charge is 0.169 e. The van der Waals surface area contributed by atoms with Crippen LogP contribution in [-0.4, -0.2) is 78.2 Å². The highest BCUT2D eigenvalue weighted by atomic mass is 16.7. The first kappa shape index (κ1) is 21.3. The average molecular weight is 436 g/mol. The first-order valence-corrected chi connectivity index (χ1v) is 12.6. The van der Waals surface area contributed by atoms with Gasteiger partial charge in [0.1, 0.15) is 5.60 Å². The molecule has 10 unspecified atom stereocenters. The van der Waals surface area contributed by atoms with E-state index in [9.17, 15) is 10.2 Å². The van der Waals surface area contributed by atoms with Gasteiger partial charge in [0.15, 0.2) is 5.79 Å². The van der Waals surface area contributed by atoms with E-state index in [-0.39, 0.29) is 28.3 Å². The Balaban J connectivity index is 1.55. The summed E-state index contributed by atoms with van der Waals surface area (Å²) < 4.78 is 20.1. The van der Waals surface area contributed by atoms with Gasteiger partial charge in [0.05, 0.1) is 24.4 Å². The molecule has 3 aliphatic heterocycles. The number of ether oxygens (including phenoxy) is 3. The van der Waals surface area contributed by atoms with E-state index in [2.05, 4.69) is 18.9 Å². The lowest BCUT2D eigenvalue weighted by molar-refractivity contribution is -0.453. The number of likely N-dealkylation sites (N-methyl/N-ethyl adjacent to an activating group) is 1. The van der Waals surface area contributed by atoms with Crippen molar-refractivity contribution in [1.29, 1.82) is 0 Å². The zero-order valence-corrected chi connectivity index (χ0v) is 19.7. The lowest BCUT2D eigenvalue weighted by Crippen LogP contribution is -2.83. The van der Waals surface area contributed by atoms with Gasteiger partial charge in [0.2, 0.25) is 0 Å². The van der Waals surface area contributed by atoms with Crippen LogP contribution in [0.5, 0.6) is 0 Å². The molecule has 4 aliphatic carbocycles. The average Bonchev–Trinajstić information content (AvgIpc) is 2.94. The lowest BCUT2D eigenvalue weighted by Gasteiger charge is -2.76. The maximum atomic E-state index is 12.1. The molecule has 0 aromatic heterocycles. The summed E-state index contributed by atoms with van der Waals surface area (Å²) in [6, 6.07) is 0. The minimum absolute atomic E-state index is 0.0546. The quantitative estimate of drug-likeness (QED) is 0.695. The number of hydrogen-bond acceptors (Lipinski definition) is 6. The predicted molar refractivity (Wildman–Crippen MR) is 115 cm³/mol. The van der Waals surface area contributed by atoms with Gasteiger partial charge in [0, 0.05) is 49.8 Å². The number of aliphatic hydroxyl groups excluding tert-OH is 2. The molecule has 4 bridgehead atoms. The van der Waals surface area contributed by atoms with Gasteiger partial charge in [-0.15, -0.1) is 0 Å². The third-order valence-corrected chi connectivity index (χ3v) is 11.4. The number of hydrogen-bond donors (Lipinski definition) is 2. The van der Waals surface area contributed by atoms with Gasteiger partial charge >= 0.3 is 0 Å². The van der Waals surface area contributed by atoms with Crippen LogP contribution in [-0.2, 0) is 14.2 Å². The molecule has 6 heteroatoms. The monoisotopic (exact) mass is 435 g/mol. The number of methoxy groups -OCH3 is 1. The Bertz CT molecular complexity index is 762. The maximum Gasteiger partial charge on any atom is 0.169 e. The van der Waals surface area contributed by atoms with Gasteiger partial charge in [-0.05, 0) is 64.3 Å². The summed E-state index contributed by atoms with van der Waals surface area (Å²) in [5.74, 6) is 0.230. The third-order valence-electron chi connectivity index (χ3n) is 11.4. The standard InChI is InChI=1S/C25H41NO5/c1-16(27)18-7-8-24-19-6-5-17-13-23(29-4)10-9-21(17,2)25(19,31-23)20(28)14-22(18,24)15-26(3)11-12-30-24/h16-20,27-28H,5-15H2,1-4H3. The molecular weight excluding hydrogens is 394 g/mol. The van der Waals surface area contributed by atoms with Crippen molar-refractivity contribution in [3.05, 3.63) is 0 Å². The SMILES string of the molecule is COC12CCC3(C)C(CCC4C56CCC(C(C)O)C5(CC(O)C43O1)CN(C)CCO6)C2. The highest BCUT2D eigenvalue weighted by Crippen LogP contribution is 2.76. The van der Waals surface area contributed by atoms with E-state index in [1.54, 1.807) is 7.11 Å². The van der Waals surface area contributed by atoms with Crippen molar-refractivity contribution < 1.29 is 24.4 Å². The van der Waals surface area contributed by atoms with E-state index in [1.165, 1.54) is 0 Å². The second kappa shape index (κ2) is 6.45.